The summed E-state index contributed by atoms with van der Waals surface area (Å²) >= 11 is 0. The molecule has 1 atom stereocenters. The Labute approximate surface area is 89.7 Å². The zero-order valence-electron chi connectivity index (χ0n) is 9.33. The predicted octanol–water partition coefficient (Wildman–Crippen LogP) is 2.41. The Morgan fingerprint density at radius 1 is 1.47 bits per heavy atom. The fourth-order valence-electron chi connectivity index (χ4n) is 1.58. The zero-order valence-corrected chi connectivity index (χ0v) is 9.33. The first-order valence-electron chi connectivity index (χ1n) is 4.92. The summed E-state index contributed by atoms with van der Waals surface area (Å²) in [5, 5.41) is 0. The first kappa shape index (κ1) is 11.9. The molecule has 1 aromatic rings. The van der Waals surface area contributed by atoms with Gasteiger partial charge in [-0.2, -0.15) is 0 Å². The molecule has 0 radical (unpaired) electrons. The number of rotatable bonds is 4. The van der Waals surface area contributed by atoms with Crippen LogP contribution >= 0.6 is 0 Å². The predicted molar refractivity (Wildman–Crippen MR) is 58.1 cm³/mol. The molecule has 0 bridgehead atoms. The Morgan fingerprint density at radius 2 is 2.13 bits per heavy atom. The molecule has 1 aromatic carbocycles. The van der Waals surface area contributed by atoms with Gasteiger partial charge in [0.15, 0.2) is 0 Å². The monoisotopic (exact) mass is 209 g/mol. The van der Waals surface area contributed by atoms with Gasteiger partial charge in [0, 0.05) is 12.5 Å². The van der Waals surface area contributed by atoms with Crippen LogP contribution in [-0.2, 0) is 4.79 Å². The van der Waals surface area contributed by atoms with Crippen LogP contribution in [0.4, 0.5) is 4.39 Å². The molecule has 0 N–H and O–H groups in total. The molecule has 1 rings (SSSR count). The van der Waals surface area contributed by atoms with Crippen molar-refractivity contribution in [2.45, 2.75) is 19.4 Å². The molecular weight excluding hydrogens is 193 g/mol. The van der Waals surface area contributed by atoms with E-state index in [1.165, 1.54) is 12.1 Å². The standard InChI is InChI=1S/C12H16FNO/c1-9(15)7-12(14(2)3)10-5-4-6-11(13)8-10/h4-6,8,12H,7H2,1-3H3. The second-order valence-electron chi connectivity index (χ2n) is 3.94. The van der Waals surface area contributed by atoms with E-state index >= 15 is 0 Å². The maximum absolute atomic E-state index is 13.0. The van der Waals surface area contributed by atoms with Gasteiger partial charge in [0.25, 0.3) is 0 Å². The SMILES string of the molecule is CC(=O)CC(c1cccc(F)c1)N(C)C. The number of hydrogen-bond acceptors (Lipinski definition) is 2. The van der Waals surface area contributed by atoms with E-state index in [1.54, 1.807) is 13.0 Å². The van der Waals surface area contributed by atoms with Crippen molar-refractivity contribution >= 4 is 5.78 Å². The van der Waals surface area contributed by atoms with Gasteiger partial charge < -0.3 is 4.90 Å². The Hall–Kier alpha value is -1.22. The van der Waals surface area contributed by atoms with Crippen LogP contribution in [-0.4, -0.2) is 24.8 Å². The number of carbonyl (C=O) groups excluding carboxylic acids is 1. The van der Waals surface area contributed by atoms with Gasteiger partial charge in [0.2, 0.25) is 0 Å². The Balaban J connectivity index is 2.93. The normalized spacial score (nSPS) is 12.9. The van der Waals surface area contributed by atoms with Gasteiger partial charge >= 0.3 is 0 Å². The van der Waals surface area contributed by atoms with Gasteiger partial charge in [0.05, 0.1) is 0 Å². The van der Waals surface area contributed by atoms with E-state index in [9.17, 15) is 9.18 Å². The summed E-state index contributed by atoms with van der Waals surface area (Å²) in [5.74, 6) is -0.152. The molecule has 3 heteroatoms. The molecule has 0 aliphatic carbocycles. The van der Waals surface area contributed by atoms with E-state index in [0.717, 1.165) is 5.56 Å². The van der Waals surface area contributed by atoms with Crippen molar-refractivity contribution in [2.75, 3.05) is 14.1 Å². The highest BCUT2D eigenvalue weighted by atomic mass is 19.1. The van der Waals surface area contributed by atoms with Crippen LogP contribution in [0, 0.1) is 5.82 Å². The molecule has 2 nitrogen and oxygen atoms in total. The van der Waals surface area contributed by atoms with Gasteiger partial charge in [-0.15, -0.1) is 0 Å². The zero-order chi connectivity index (χ0) is 11.4. The molecule has 0 spiro atoms. The topological polar surface area (TPSA) is 20.3 Å². The minimum atomic E-state index is -0.261. The van der Waals surface area contributed by atoms with Gasteiger partial charge in [0.1, 0.15) is 11.6 Å². The third-order valence-electron chi connectivity index (χ3n) is 2.34. The second kappa shape index (κ2) is 5.03. The van der Waals surface area contributed by atoms with Crippen LogP contribution in [0.5, 0.6) is 0 Å². The van der Waals surface area contributed by atoms with Crippen molar-refractivity contribution < 1.29 is 9.18 Å². The fourth-order valence-corrected chi connectivity index (χ4v) is 1.58. The smallest absolute Gasteiger partial charge is 0.131 e. The average Bonchev–Trinajstić information content (AvgIpc) is 2.13. The van der Waals surface area contributed by atoms with Gasteiger partial charge in [-0.1, -0.05) is 12.1 Å². The molecule has 0 heterocycles. The summed E-state index contributed by atoms with van der Waals surface area (Å²) < 4.78 is 13.0. The summed E-state index contributed by atoms with van der Waals surface area (Å²) in [6.07, 6.45) is 0.413. The number of Topliss-reactive ketones (excluding diaryl/α,β-unsaturated/α-hetero) is 1. The minimum Gasteiger partial charge on any atom is -0.302 e. The highest BCUT2D eigenvalue weighted by molar-refractivity contribution is 5.76. The van der Waals surface area contributed by atoms with Crippen LogP contribution in [0.3, 0.4) is 0 Å². The lowest BCUT2D eigenvalue weighted by atomic mass is 10.0. The third-order valence-corrected chi connectivity index (χ3v) is 2.34. The van der Waals surface area contributed by atoms with Crippen molar-refractivity contribution in [3.8, 4) is 0 Å². The number of hydrogen-bond donors (Lipinski definition) is 0. The second-order valence-corrected chi connectivity index (χ2v) is 3.94. The number of benzene rings is 1. The van der Waals surface area contributed by atoms with Crippen molar-refractivity contribution in [3.05, 3.63) is 35.6 Å². The van der Waals surface area contributed by atoms with Crippen molar-refractivity contribution in [3.63, 3.8) is 0 Å². The van der Waals surface area contributed by atoms with Crippen LogP contribution in [0.1, 0.15) is 24.9 Å². The summed E-state index contributed by atoms with van der Waals surface area (Å²) in [4.78, 5) is 13.0. The average molecular weight is 209 g/mol. The van der Waals surface area contributed by atoms with Crippen LogP contribution in [0.25, 0.3) is 0 Å². The molecule has 0 saturated heterocycles. The minimum absolute atomic E-state index is 0.0433. The quantitative estimate of drug-likeness (QED) is 0.759. The van der Waals surface area contributed by atoms with E-state index < -0.39 is 0 Å². The molecule has 0 aliphatic rings. The maximum atomic E-state index is 13.0. The molecular formula is C12H16FNO. The summed E-state index contributed by atoms with van der Waals surface area (Å²) in [5.41, 5.74) is 0.843. The molecule has 0 aliphatic heterocycles. The molecule has 0 aromatic heterocycles. The van der Waals surface area contributed by atoms with Crippen molar-refractivity contribution in [1.29, 1.82) is 0 Å². The molecule has 0 fully saturated rings. The lowest BCUT2D eigenvalue weighted by Gasteiger charge is -2.23. The summed E-state index contributed by atoms with van der Waals surface area (Å²) in [7, 11) is 3.77. The largest absolute Gasteiger partial charge is 0.302 e. The number of halogens is 1. The van der Waals surface area contributed by atoms with E-state index in [1.807, 2.05) is 25.1 Å². The lowest BCUT2D eigenvalue weighted by molar-refractivity contribution is -0.118. The first-order valence-corrected chi connectivity index (χ1v) is 4.92. The Morgan fingerprint density at radius 3 is 2.60 bits per heavy atom. The van der Waals surface area contributed by atoms with Gasteiger partial charge in [-0.05, 0) is 38.7 Å². The van der Waals surface area contributed by atoms with Crippen LogP contribution in [0.15, 0.2) is 24.3 Å². The first-order chi connectivity index (χ1) is 7.00. The molecule has 15 heavy (non-hydrogen) atoms. The Bertz CT molecular complexity index is 349. The number of carbonyl (C=O) groups is 1. The number of ketones is 1. The molecule has 82 valence electrons. The van der Waals surface area contributed by atoms with E-state index in [2.05, 4.69) is 0 Å². The Kier molecular flexibility index (Phi) is 3.97. The fraction of sp³-hybridized carbons (Fsp3) is 0.417. The van der Waals surface area contributed by atoms with E-state index in [4.69, 9.17) is 0 Å². The van der Waals surface area contributed by atoms with Gasteiger partial charge in [-0.3, -0.25) is 4.79 Å². The highest BCUT2D eigenvalue weighted by Crippen LogP contribution is 2.22. The highest BCUT2D eigenvalue weighted by Gasteiger charge is 2.16. The van der Waals surface area contributed by atoms with E-state index in [0.29, 0.717) is 6.42 Å². The van der Waals surface area contributed by atoms with Crippen LogP contribution in [0.2, 0.25) is 0 Å². The molecule has 1 unspecified atom stereocenters. The third kappa shape index (κ3) is 3.44. The van der Waals surface area contributed by atoms with Crippen LogP contribution < -0.4 is 0 Å². The number of nitrogens with zero attached hydrogens (tertiary/aromatic N) is 1. The molecule has 0 amide bonds. The lowest BCUT2D eigenvalue weighted by Crippen LogP contribution is -2.22. The summed E-state index contributed by atoms with van der Waals surface area (Å²) in [6.45, 7) is 1.55. The van der Waals surface area contributed by atoms with Gasteiger partial charge in [-0.25, -0.2) is 4.39 Å². The summed E-state index contributed by atoms with van der Waals surface area (Å²) in [6, 6.07) is 6.36. The molecule has 0 saturated carbocycles. The maximum Gasteiger partial charge on any atom is 0.131 e. The van der Waals surface area contributed by atoms with Crippen molar-refractivity contribution in [1.82, 2.24) is 4.90 Å². The van der Waals surface area contributed by atoms with Crippen molar-refractivity contribution in [2.24, 2.45) is 0 Å². The van der Waals surface area contributed by atoms with E-state index in [-0.39, 0.29) is 17.6 Å².